The highest BCUT2D eigenvalue weighted by atomic mass is 32.2. The Morgan fingerprint density at radius 2 is 2.12 bits per heavy atom. The Morgan fingerprint density at radius 3 is 2.83 bits per heavy atom. The summed E-state index contributed by atoms with van der Waals surface area (Å²) in [5.41, 5.74) is 2.59. The maximum atomic E-state index is 12.2. The van der Waals surface area contributed by atoms with Crippen molar-refractivity contribution in [1.82, 2.24) is 9.78 Å². The van der Waals surface area contributed by atoms with Crippen molar-refractivity contribution in [2.45, 2.75) is 51.0 Å². The number of aryl methyl sites for hydroxylation is 2. The third-order valence-corrected chi connectivity index (χ3v) is 5.70. The Labute approximate surface area is 148 Å². The van der Waals surface area contributed by atoms with Gasteiger partial charge >= 0.3 is 0 Å². The summed E-state index contributed by atoms with van der Waals surface area (Å²) in [7, 11) is 0. The summed E-state index contributed by atoms with van der Waals surface area (Å²) in [6, 6.07) is 8.69. The van der Waals surface area contributed by atoms with Crippen molar-refractivity contribution in [3.8, 4) is 0 Å². The predicted molar refractivity (Wildman–Crippen MR) is 99.5 cm³/mol. The number of hydrogen-bond donors (Lipinski definition) is 1. The molecule has 1 aromatic carbocycles. The molecule has 0 spiro atoms. The van der Waals surface area contributed by atoms with Crippen LogP contribution in [-0.4, -0.2) is 21.4 Å². The van der Waals surface area contributed by atoms with Gasteiger partial charge in [-0.1, -0.05) is 6.07 Å². The van der Waals surface area contributed by atoms with Crippen LogP contribution in [-0.2, 0) is 4.79 Å². The number of carbonyl (C=O) groups is 1. The van der Waals surface area contributed by atoms with Crippen molar-refractivity contribution in [3.63, 3.8) is 0 Å². The second-order valence-electron chi connectivity index (χ2n) is 6.63. The molecule has 1 atom stereocenters. The molecule has 1 aliphatic rings. The van der Waals surface area contributed by atoms with Crippen molar-refractivity contribution in [2.24, 2.45) is 5.92 Å². The monoisotopic (exact) mass is 343 g/mol. The predicted octanol–water partition coefficient (Wildman–Crippen LogP) is 4.59. The number of benzene rings is 1. The number of nitrogens with zero attached hydrogens (tertiary/aromatic N) is 2. The molecule has 1 amide bonds. The molecule has 2 aromatic rings. The summed E-state index contributed by atoms with van der Waals surface area (Å²) in [4.78, 5) is 13.4. The lowest BCUT2D eigenvalue weighted by atomic mass is 10.1. The summed E-state index contributed by atoms with van der Waals surface area (Å²) in [5, 5.41) is 7.38. The maximum absolute atomic E-state index is 12.2. The van der Waals surface area contributed by atoms with E-state index < -0.39 is 0 Å². The summed E-state index contributed by atoms with van der Waals surface area (Å²) < 4.78 is 1.95. The Hall–Kier alpha value is -1.75. The summed E-state index contributed by atoms with van der Waals surface area (Å²) in [6.07, 6.45) is 4.79. The first-order valence-electron chi connectivity index (χ1n) is 8.58. The van der Waals surface area contributed by atoms with Gasteiger partial charge in [-0.25, -0.2) is 4.68 Å². The average molecular weight is 343 g/mol. The van der Waals surface area contributed by atoms with Gasteiger partial charge in [0.2, 0.25) is 5.91 Å². The minimum atomic E-state index is 0.0519. The first kappa shape index (κ1) is 17.1. The zero-order valence-electron chi connectivity index (χ0n) is 14.6. The molecule has 3 rings (SSSR count). The highest BCUT2D eigenvalue weighted by Gasteiger charge is 2.30. The molecule has 0 radical (unpaired) electrons. The van der Waals surface area contributed by atoms with Gasteiger partial charge in [-0.3, -0.25) is 4.79 Å². The number of nitrogens with one attached hydrogen (secondary N) is 1. The zero-order valence-corrected chi connectivity index (χ0v) is 15.4. The maximum Gasteiger partial charge on any atom is 0.226 e. The molecule has 1 unspecified atom stereocenters. The lowest BCUT2D eigenvalue weighted by molar-refractivity contribution is -0.115. The van der Waals surface area contributed by atoms with E-state index in [9.17, 15) is 4.79 Å². The average Bonchev–Trinajstić information content (AvgIpc) is 3.30. The normalized spacial score (nSPS) is 15.3. The topological polar surface area (TPSA) is 46.9 Å². The lowest BCUT2D eigenvalue weighted by Gasteiger charge is -2.15. The summed E-state index contributed by atoms with van der Waals surface area (Å²) in [5.74, 6) is 2.35. The van der Waals surface area contributed by atoms with Crippen LogP contribution in [0.1, 0.15) is 43.4 Å². The van der Waals surface area contributed by atoms with E-state index in [0.717, 1.165) is 11.6 Å². The van der Waals surface area contributed by atoms with Gasteiger partial charge < -0.3 is 5.32 Å². The molecule has 1 heterocycles. The zero-order chi connectivity index (χ0) is 17.1. The van der Waals surface area contributed by atoms with E-state index in [1.165, 1.54) is 28.9 Å². The third kappa shape index (κ3) is 4.20. The molecule has 1 fully saturated rings. The molecule has 5 heteroatoms. The van der Waals surface area contributed by atoms with Crippen molar-refractivity contribution < 1.29 is 4.79 Å². The number of amides is 1. The van der Waals surface area contributed by atoms with Crippen LogP contribution in [0.4, 0.5) is 5.82 Å². The summed E-state index contributed by atoms with van der Waals surface area (Å²) >= 11 is 1.73. The second-order valence-corrected chi connectivity index (χ2v) is 7.80. The van der Waals surface area contributed by atoms with E-state index in [1.54, 1.807) is 18.0 Å². The summed E-state index contributed by atoms with van der Waals surface area (Å²) in [6.45, 7) is 6.41. The molecule has 1 aliphatic carbocycles. The SMILES string of the molecule is Cc1ccc(SCCC(=O)Nc2ccnn2C(C)C2CC2)cc1C. The molecule has 1 aromatic heterocycles. The molecule has 24 heavy (non-hydrogen) atoms. The van der Waals surface area contributed by atoms with Crippen LogP contribution in [0.5, 0.6) is 0 Å². The molecule has 1 N–H and O–H groups in total. The van der Waals surface area contributed by atoms with Crippen LogP contribution in [0.2, 0.25) is 0 Å². The molecular formula is C19H25N3OS. The van der Waals surface area contributed by atoms with Gasteiger partial charge in [0, 0.05) is 23.1 Å². The van der Waals surface area contributed by atoms with Gasteiger partial charge in [-0.2, -0.15) is 5.10 Å². The fourth-order valence-corrected chi connectivity index (χ4v) is 3.73. The lowest BCUT2D eigenvalue weighted by Crippen LogP contribution is -2.18. The number of aromatic nitrogens is 2. The number of anilines is 1. The van der Waals surface area contributed by atoms with Crippen LogP contribution in [0, 0.1) is 19.8 Å². The van der Waals surface area contributed by atoms with E-state index >= 15 is 0 Å². The highest BCUT2D eigenvalue weighted by molar-refractivity contribution is 7.99. The molecular weight excluding hydrogens is 318 g/mol. The van der Waals surface area contributed by atoms with E-state index in [-0.39, 0.29) is 5.91 Å². The van der Waals surface area contributed by atoms with Crippen LogP contribution in [0.3, 0.4) is 0 Å². The molecule has 4 nitrogen and oxygen atoms in total. The number of rotatable bonds is 7. The van der Waals surface area contributed by atoms with Crippen molar-refractivity contribution >= 4 is 23.5 Å². The minimum absolute atomic E-state index is 0.0519. The third-order valence-electron chi connectivity index (χ3n) is 4.70. The van der Waals surface area contributed by atoms with E-state index in [1.807, 2.05) is 10.7 Å². The Bertz CT molecular complexity index is 721. The second kappa shape index (κ2) is 7.43. The first-order chi connectivity index (χ1) is 11.5. The Balaban J connectivity index is 1.49. The minimum Gasteiger partial charge on any atom is -0.311 e. The quantitative estimate of drug-likeness (QED) is 0.748. The van der Waals surface area contributed by atoms with Gasteiger partial charge in [0.25, 0.3) is 0 Å². The van der Waals surface area contributed by atoms with Crippen LogP contribution < -0.4 is 5.32 Å². The van der Waals surface area contributed by atoms with E-state index in [2.05, 4.69) is 49.4 Å². The fraction of sp³-hybridized carbons (Fsp3) is 0.474. The molecule has 1 saturated carbocycles. The number of thioether (sulfide) groups is 1. The Morgan fingerprint density at radius 1 is 1.33 bits per heavy atom. The van der Waals surface area contributed by atoms with Crippen LogP contribution in [0.25, 0.3) is 0 Å². The largest absolute Gasteiger partial charge is 0.311 e. The number of hydrogen-bond acceptors (Lipinski definition) is 3. The molecule has 0 bridgehead atoms. The first-order valence-corrected chi connectivity index (χ1v) is 9.56. The molecule has 128 valence electrons. The molecule has 0 aliphatic heterocycles. The van der Waals surface area contributed by atoms with Gasteiger partial charge in [0.05, 0.1) is 12.2 Å². The van der Waals surface area contributed by atoms with Gasteiger partial charge in [-0.15, -0.1) is 11.8 Å². The standard InChI is InChI=1S/C19H25N3OS/c1-13-4-7-17(12-14(13)2)24-11-9-19(23)21-18-8-10-20-22(18)15(3)16-5-6-16/h4,7-8,10,12,15-16H,5-6,9,11H2,1-3H3,(H,21,23). The van der Waals surface area contributed by atoms with Gasteiger partial charge in [0.15, 0.2) is 0 Å². The molecule has 0 saturated heterocycles. The van der Waals surface area contributed by atoms with E-state index in [4.69, 9.17) is 0 Å². The number of carbonyl (C=O) groups excluding carboxylic acids is 1. The highest BCUT2D eigenvalue weighted by Crippen LogP contribution is 2.40. The van der Waals surface area contributed by atoms with Crippen LogP contribution >= 0.6 is 11.8 Å². The fourth-order valence-electron chi connectivity index (χ4n) is 2.79. The van der Waals surface area contributed by atoms with Crippen LogP contribution in [0.15, 0.2) is 35.4 Å². The van der Waals surface area contributed by atoms with Crippen molar-refractivity contribution in [1.29, 1.82) is 0 Å². The van der Waals surface area contributed by atoms with Gasteiger partial charge in [-0.05, 0) is 62.8 Å². The van der Waals surface area contributed by atoms with Crippen molar-refractivity contribution in [2.75, 3.05) is 11.1 Å². The Kier molecular flexibility index (Phi) is 5.29. The van der Waals surface area contributed by atoms with Gasteiger partial charge in [0.1, 0.15) is 5.82 Å². The smallest absolute Gasteiger partial charge is 0.226 e. The van der Waals surface area contributed by atoms with Crippen molar-refractivity contribution in [3.05, 3.63) is 41.6 Å². The van der Waals surface area contributed by atoms with E-state index in [0.29, 0.717) is 18.4 Å².